The van der Waals surface area contributed by atoms with E-state index in [2.05, 4.69) is 15.6 Å². The molecule has 1 aliphatic carbocycles. The van der Waals surface area contributed by atoms with Crippen LogP contribution in [0.4, 0.5) is 10.5 Å². The van der Waals surface area contributed by atoms with Gasteiger partial charge in [0.15, 0.2) is 0 Å². The number of halogens is 2. The van der Waals surface area contributed by atoms with Gasteiger partial charge in [0.2, 0.25) is 0 Å². The lowest BCUT2D eigenvalue weighted by atomic mass is 9.85. The topological polar surface area (TPSA) is 69.8 Å². The third kappa shape index (κ3) is 4.20. The molecule has 0 saturated heterocycles. The highest BCUT2D eigenvalue weighted by Gasteiger charge is 2.26. The summed E-state index contributed by atoms with van der Waals surface area (Å²) >= 11 is 12.0. The van der Waals surface area contributed by atoms with Crippen molar-refractivity contribution in [2.75, 3.05) is 5.32 Å². The lowest BCUT2D eigenvalue weighted by molar-refractivity contribution is 0.242. The molecule has 0 unspecified atom stereocenters. The van der Waals surface area contributed by atoms with Crippen LogP contribution in [-0.4, -0.2) is 22.0 Å². The third-order valence-corrected chi connectivity index (χ3v) is 5.53. The highest BCUT2D eigenvalue weighted by molar-refractivity contribution is 6.36. The number of rotatable bonds is 3. The van der Waals surface area contributed by atoms with E-state index in [9.17, 15) is 4.79 Å². The Balaban J connectivity index is 1.40. The van der Waals surface area contributed by atoms with Gasteiger partial charge < -0.3 is 15.6 Å². The maximum absolute atomic E-state index is 12.4. The van der Waals surface area contributed by atoms with Gasteiger partial charge in [-0.3, -0.25) is 0 Å². The summed E-state index contributed by atoms with van der Waals surface area (Å²) in [5.41, 5.74) is 2.58. The number of hydrogen-bond acceptors (Lipinski definition) is 2. The number of imidazole rings is 1. The molecule has 140 valence electrons. The van der Waals surface area contributed by atoms with Crippen molar-refractivity contribution in [2.45, 2.75) is 37.6 Å². The minimum absolute atomic E-state index is 0.100. The van der Waals surface area contributed by atoms with E-state index in [0.717, 1.165) is 42.5 Å². The first-order chi connectivity index (χ1) is 13.1. The molecule has 0 bridgehead atoms. The summed E-state index contributed by atoms with van der Waals surface area (Å²) in [6.45, 7) is 0. The fourth-order valence-corrected chi connectivity index (χ4v) is 4.13. The normalized spacial score (nSPS) is 19.8. The summed E-state index contributed by atoms with van der Waals surface area (Å²) in [6, 6.07) is 12.9. The summed E-state index contributed by atoms with van der Waals surface area (Å²) < 4.78 is 0. The zero-order valence-corrected chi connectivity index (χ0v) is 16.1. The first kappa shape index (κ1) is 18.1. The molecule has 1 heterocycles. The van der Waals surface area contributed by atoms with E-state index in [-0.39, 0.29) is 12.1 Å². The Labute approximate surface area is 167 Å². The van der Waals surface area contributed by atoms with Crippen molar-refractivity contribution in [1.29, 1.82) is 0 Å². The number of aromatic amines is 1. The number of urea groups is 1. The number of anilines is 1. The number of hydrogen-bond donors (Lipinski definition) is 3. The van der Waals surface area contributed by atoms with Crippen molar-refractivity contribution >= 4 is 46.0 Å². The van der Waals surface area contributed by atoms with Crippen LogP contribution in [0.3, 0.4) is 0 Å². The Hall–Kier alpha value is -2.24. The molecule has 5 nitrogen and oxygen atoms in total. The second-order valence-corrected chi connectivity index (χ2v) is 7.77. The molecule has 27 heavy (non-hydrogen) atoms. The van der Waals surface area contributed by atoms with E-state index in [4.69, 9.17) is 28.2 Å². The van der Waals surface area contributed by atoms with Crippen LogP contribution >= 0.6 is 23.2 Å². The number of aromatic nitrogens is 2. The molecule has 1 aliphatic rings. The predicted octanol–water partition coefficient (Wildman–Crippen LogP) is 5.72. The van der Waals surface area contributed by atoms with Crippen molar-refractivity contribution in [3.05, 3.63) is 58.3 Å². The van der Waals surface area contributed by atoms with Gasteiger partial charge in [-0.05, 0) is 49.6 Å². The van der Waals surface area contributed by atoms with Gasteiger partial charge in [-0.1, -0.05) is 41.8 Å². The van der Waals surface area contributed by atoms with E-state index >= 15 is 0 Å². The molecule has 0 radical (unpaired) electrons. The number of benzene rings is 2. The van der Waals surface area contributed by atoms with E-state index in [0.29, 0.717) is 21.7 Å². The summed E-state index contributed by atoms with van der Waals surface area (Å²) in [6.07, 6.45) is 3.94. The molecule has 1 fully saturated rings. The van der Waals surface area contributed by atoms with Crippen molar-refractivity contribution in [3.63, 3.8) is 0 Å². The Morgan fingerprint density at radius 3 is 2.81 bits per heavy atom. The van der Waals surface area contributed by atoms with Gasteiger partial charge in [-0.2, -0.15) is 0 Å². The molecule has 2 amide bonds. The summed E-state index contributed by atoms with van der Waals surface area (Å²) in [4.78, 5) is 20.5. The number of nitrogens with one attached hydrogen (secondary N) is 3. The van der Waals surface area contributed by atoms with Crippen molar-refractivity contribution in [1.82, 2.24) is 15.3 Å². The molecule has 0 spiro atoms. The maximum Gasteiger partial charge on any atom is 0.319 e. The van der Waals surface area contributed by atoms with Gasteiger partial charge in [-0.15, -0.1) is 0 Å². The van der Waals surface area contributed by atoms with Crippen molar-refractivity contribution in [2.24, 2.45) is 0 Å². The number of carbonyl (C=O) groups excluding carboxylic acids is 1. The van der Waals surface area contributed by atoms with Gasteiger partial charge in [0.1, 0.15) is 5.82 Å². The fourth-order valence-electron chi connectivity index (χ4n) is 3.67. The first-order valence-corrected chi connectivity index (χ1v) is 9.81. The van der Waals surface area contributed by atoms with Crippen LogP contribution in [0.25, 0.3) is 11.0 Å². The highest BCUT2D eigenvalue weighted by atomic mass is 35.5. The van der Waals surface area contributed by atoms with E-state index in [1.807, 2.05) is 24.3 Å². The number of fused-ring (bicyclic) bond motifs is 1. The lowest BCUT2D eigenvalue weighted by Crippen LogP contribution is -2.40. The first-order valence-electron chi connectivity index (χ1n) is 9.06. The average Bonchev–Trinajstić information content (AvgIpc) is 3.08. The Kier molecular flexibility index (Phi) is 5.23. The van der Waals surface area contributed by atoms with Crippen LogP contribution in [0.2, 0.25) is 10.0 Å². The number of H-pyrrole nitrogens is 1. The van der Waals surface area contributed by atoms with Gasteiger partial charge >= 0.3 is 6.03 Å². The molecule has 3 N–H and O–H groups in total. The largest absolute Gasteiger partial charge is 0.342 e. The van der Waals surface area contributed by atoms with Gasteiger partial charge in [0, 0.05) is 17.0 Å². The van der Waals surface area contributed by atoms with E-state index in [1.54, 1.807) is 18.2 Å². The zero-order chi connectivity index (χ0) is 18.8. The van der Waals surface area contributed by atoms with Crippen LogP contribution in [0.5, 0.6) is 0 Å². The molecule has 2 aromatic carbocycles. The molecule has 1 aromatic heterocycles. The number of para-hydroxylation sites is 2. The second kappa shape index (κ2) is 7.79. The minimum atomic E-state index is -0.255. The van der Waals surface area contributed by atoms with Crippen LogP contribution in [0.15, 0.2) is 42.5 Å². The predicted molar refractivity (Wildman–Crippen MR) is 110 cm³/mol. The molecular weight excluding hydrogens is 383 g/mol. The highest BCUT2D eigenvalue weighted by Crippen LogP contribution is 2.32. The van der Waals surface area contributed by atoms with E-state index in [1.165, 1.54) is 0 Å². The third-order valence-electron chi connectivity index (χ3n) is 4.98. The van der Waals surface area contributed by atoms with Crippen LogP contribution in [0, 0.1) is 0 Å². The maximum atomic E-state index is 12.4. The number of carbonyl (C=O) groups is 1. The number of amides is 2. The second-order valence-electron chi connectivity index (χ2n) is 6.92. The van der Waals surface area contributed by atoms with Gasteiger partial charge in [0.25, 0.3) is 0 Å². The quantitative estimate of drug-likeness (QED) is 0.524. The van der Waals surface area contributed by atoms with Crippen LogP contribution in [-0.2, 0) is 0 Å². The van der Waals surface area contributed by atoms with Gasteiger partial charge in [-0.25, -0.2) is 9.78 Å². The molecule has 3 aromatic rings. The summed E-state index contributed by atoms with van der Waals surface area (Å²) in [5.74, 6) is 1.32. The fraction of sp³-hybridized carbons (Fsp3) is 0.300. The van der Waals surface area contributed by atoms with Crippen molar-refractivity contribution in [3.8, 4) is 0 Å². The van der Waals surface area contributed by atoms with Gasteiger partial charge in [0.05, 0.1) is 21.7 Å². The smallest absolute Gasteiger partial charge is 0.319 e. The molecule has 4 rings (SSSR count). The lowest BCUT2D eigenvalue weighted by Gasteiger charge is -2.28. The molecular formula is C20H20Cl2N4O. The SMILES string of the molecule is O=C(Nc1ccc(Cl)cc1Cl)N[C@@H]1CCC[C@H](c2nc3ccccc3[nH]2)C1. The van der Waals surface area contributed by atoms with Crippen LogP contribution < -0.4 is 10.6 Å². The summed E-state index contributed by atoms with van der Waals surface area (Å²) in [7, 11) is 0. The minimum Gasteiger partial charge on any atom is -0.342 e. The zero-order valence-electron chi connectivity index (χ0n) is 14.6. The average molecular weight is 403 g/mol. The summed E-state index contributed by atoms with van der Waals surface area (Å²) in [5, 5.41) is 6.81. The standard InChI is InChI=1S/C20H20Cl2N4O/c21-13-8-9-16(15(22)11-13)26-20(27)23-14-5-3-4-12(10-14)19-24-17-6-1-2-7-18(17)25-19/h1-2,6-9,11-12,14H,3-5,10H2,(H,24,25)(H2,23,26,27)/t12-,14+/m0/s1. The molecule has 0 aliphatic heterocycles. The monoisotopic (exact) mass is 402 g/mol. The van der Waals surface area contributed by atoms with Crippen LogP contribution in [0.1, 0.15) is 37.4 Å². The molecule has 7 heteroatoms. The Bertz CT molecular complexity index is 939. The molecule has 1 saturated carbocycles. The van der Waals surface area contributed by atoms with E-state index < -0.39 is 0 Å². The van der Waals surface area contributed by atoms with Crippen molar-refractivity contribution < 1.29 is 4.79 Å². The Morgan fingerprint density at radius 2 is 2.00 bits per heavy atom. The Morgan fingerprint density at radius 1 is 1.15 bits per heavy atom. The molecule has 2 atom stereocenters. The number of nitrogens with zero attached hydrogens (tertiary/aromatic N) is 1.